The lowest BCUT2D eigenvalue weighted by atomic mass is 9.70. The Morgan fingerprint density at radius 2 is 1.82 bits per heavy atom. The monoisotopic (exact) mass is 410 g/mol. The van der Waals surface area contributed by atoms with Crippen molar-refractivity contribution in [2.75, 3.05) is 5.75 Å². The van der Waals surface area contributed by atoms with Crippen LogP contribution in [0.15, 0.2) is 42.5 Å². The summed E-state index contributed by atoms with van der Waals surface area (Å²) in [7, 11) is -4.14. The molecule has 3 unspecified atom stereocenters. The van der Waals surface area contributed by atoms with Crippen LogP contribution in [-0.4, -0.2) is 40.7 Å². The molecule has 0 amide bonds. The van der Waals surface area contributed by atoms with Crippen molar-refractivity contribution in [3.63, 3.8) is 0 Å². The molecule has 3 N–H and O–H groups in total. The number of carboxylic acids is 1. The standard InChI is InChI=1S/C11H16O4S.C9H10O3/c1-7-8-4-5-11(9(7)12,10(8,2)3)6-16(13,14)15;1-9(12,8(10)11)7-5-3-2-4-6-7/h8H,1,4-6H2,2-3H3,(H,13,14,15);2-6,12H,1H3,(H,10,11). The number of aliphatic hydroxyl groups is 1. The van der Waals surface area contributed by atoms with E-state index in [0.29, 0.717) is 17.6 Å². The van der Waals surface area contributed by atoms with E-state index in [4.69, 9.17) is 9.66 Å². The second kappa shape index (κ2) is 7.09. The number of aliphatic carboxylic acids is 1. The minimum Gasteiger partial charge on any atom is -0.479 e. The van der Waals surface area contributed by atoms with Gasteiger partial charge in [0.2, 0.25) is 0 Å². The minimum absolute atomic E-state index is 0.0572. The van der Waals surface area contributed by atoms with Gasteiger partial charge < -0.3 is 10.2 Å². The highest BCUT2D eigenvalue weighted by molar-refractivity contribution is 7.85. The average molecular weight is 410 g/mol. The predicted molar refractivity (Wildman–Crippen MR) is 103 cm³/mol. The van der Waals surface area contributed by atoms with Crippen LogP contribution in [0.2, 0.25) is 0 Å². The molecule has 7 nitrogen and oxygen atoms in total. The molecular weight excluding hydrogens is 384 g/mol. The van der Waals surface area contributed by atoms with Gasteiger partial charge in [-0.1, -0.05) is 50.8 Å². The predicted octanol–water partition coefficient (Wildman–Crippen LogP) is 2.41. The summed E-state index contributed by atoms with van der Waals surface area (Å²) in [5.41, 5.74) is -2.25. The van der Waals surface area contributed by atoms with Gasteiger partial charge in [-0.05, 0) is 42.2 Å². The van der Waals surface area contributed by atoms with Gasteiger partial charge in [-0.15, -0.1) is 0 Å². The zero-order valence-electron chi connectivity index (χ0n) is 16.2. The lowest BCUT2D eigenvalue weighted by Crippen LogP contribution is -2.42. The number of hydrogen-bond donors (Lipinski definition) is 3. The summed E-state index contributed by atoms with van der Waals surface area (Å²) >= 11 is 0. The van der Waals surface area contributed by atoms with E-state index in [0.717, 1.165) is 6.42 Å². The van der Waals surface area contributed by atoms with E-state index in [1.165, 1.54) is 6.92 Å². The van der Waals surface area contributed by atoms with Gasteiger partial charge in [0.15, 0.2) is 11.4 Å². The Hall–Kier alpha value is -2.03. The third-order valence-corrected chi connectivity index (χ3v) is 7.15. The van der Waals surface area contributed by atoms with Crippen LogP contribution in [0.1, 0.15) is 39.2 Å². The number of hydrogen-bond acceptors (Lipinski definition) is 5. The van der Waals surface area contributed by atoms with Crippen LogP contribution >= 0.6 is 0 Å². The molecule has 28 heavy (non-hydrogen) atoms. The number of ketones is 1. The number of carbonyl (C=O) groups excluding carboxylic acids is 1. The molecule has 3 rings (SSSR count). The highest BCUT2D eigenvalue weighted by Gasteiger charge is 2.67. The summed E-state index contributed by atoms with van der Waals surface area (Å²) in [5, 5.41) is 18.1. The van der Waals surface area contributed by atoms with Gasteiger partial charge in [0.1, 0.15) is 0 Å². The van der Waals surface area contributed by atoms with E-state index in [1.807, 2.05) is 13.8 Å². The molecule has 8 heteroatoms. The second-order valence-corrected chi connectivity index (χ2v) is 9.67. The lowest BCUT2D eigenvalue weighted by molar-refractivity contribution is -0.157. The first-order chi connectivity index (χ1) is 12.7. The largest absolute Gasteiger partial charge is 0.479 e. The van der Waals surface area contributed by atoms with Crippen molar-refractivity contribution in [1.82, 2.24) is 0 Å². The Kier molecular flexibility index (Phi) is 5.64. The molecule has 1 aromatic carbocycles. The molecule has 154 valence electrons. The summed E-state index contributed by atoms with van der Waals surface area (Å²) in [5.74, 6) is -1.83. The van der Waals surface area contributed by atoms with Crippen LogP contribution < -0.4 is 0 Å². The Labute approximate surface area is 164 Å². The minimum atomic E-state index is -4.14. The third kappa shape index (κ3) is 3.64. The zero-order valence-corrected chi connectivity index (χ0v) is 17.0. The van der Waals surface area contributed by atoms with Crippen LogP contribution in [-0.2, 0) is 25.3 Å². The highest BCUT2D eigenvalue weighted by Crippen LogP contribution is 2.65. The fourth-order valence-electron chi connectivity index (χ4n) is 4.41. The van der Waals surface area contributed by atoms with Gasteiger partial charge in [0.25, 0.3) is 10.1 Å². The van der Waals surface area contributed by atoms with Crippen molar-refractivity contribution in [1.29, 1.82) is 0 Å². The molecular formula is C20H26O7S. The Morgan fingerprint density at radius 1 is 1.29 bits per heavy atom. The summed E-state index contributed by atoms with van der Waals surface area (Å²) in [6, 6.07) is 8.29. The molecule has 1 aromatic rings. The zero-order chi connectivity index (χ0) is 21.5. The van der Waals surface area contributed by atoms with Crippen LogP contribution in [0.4, 0.5) is 0 Å². The van der Waals surface area contributed by atoms with Crippen molar-refractivity contribution in [2.45, 2.75) is 39.2 Å². The normalized spacial score (nSPS) is 27.7. The Bertz CT molecular complexity index is 900. The number of carboxylic acid groups (broad SMARTS) is 1. The topological polar surface area (TPSA) is 129 Å². The van der Waals surface area contributed by atoms with Crippen molar-refractivity contribution in [2.24, 2.45) is 16.7 Å². The second-order valence-electron chi connectivity index (χ2n) is 8.22. The molecule has 2 aliphatic rings. The number of fused-ring (bicyclic) bond motifs is 2. The van der Waals surface area contributed by atoms with Crippen LogP contribution in [0.3, 0.4) is 0 Å². The number of Topliss-reactive ketones (excluding diaryl/α,β-unsaturated/α-hetero) is 1. The number of benzene rings is 1. The average Bonchev–Trinajstić information content (AvgIpc) is 2.90. The summed E-state index contributed by atoms with van der Waals surface area (Å²) in [6.45, 7) is 8.81. The van der Waals surface area contributed by atoms with Crippen LogP contribution in [0.25, 0.3) is 0 Å². The molecule has 2 fully saturated rings. The molecule has 2 bridgehead atoms. The molecule has 2 aliphatic carbocycles. The molecule has 0 saturated heterocycles. The van der Waals surface area contributed by atoms with Crippen molar-refractivity contribution < 1.29 is 32.8 Å². The van der Waals surface area contributed by atoms with Gasteiger partial charge in [0, 0.05) is 0 Å². The van der Waals surface area contributed by atoms with Crippen molar-refractivity contribution in [3.05, 3.63) is 48.0 Å². The van der Waals surface area contributed by atoms with Gasteiger partial charge >= 0.3 is 5.97 Å². The van der Waals surface area contributed by atoms with Crippen molar-refractivity contribution in [3.8, 4) is 0 Å². The van der Waals surface area contributed by atoms with Crippen LogP contribution in [0.5, 0.6) is 0 Å². The smallest absolute Gasteiger partial charge is 0.340 e. The maximum Gasteiger partial charge on any atom is 0.340 e. The van der Waals surface area contributed by atoms with E-state index in [2.05, 4.69) is 6.58 Å². The first-order valence-corrected chi connectivity index (χ1v) is 10.5. The van der Waals surface area contributed by atoms with E-state index < -0.39 is 38.3 Å². The third-order valence-electron chi connectivity index (χ3n) is 6.29. The fourth-order valence-corrected chi connectivity index (χ4v) is 5.68. The first-order valence-electron chi connectivity index (χ1n) is 8.87. The molecule has 0 heterocycles. The first kappa shape index (κ1) is 22.3. The Morgan fingerprint density at radius 3 is 2.21 bits per heavy atom. The number of rotatable bonds is 4. The molecule has 0 aromatic heterocycles. The molecule has 2 saturated carbocycles. The molecule has 0 spiro atoms. The van der Waals surface area contributed by atoms with Gasteiger partial charge in [0.05, 0.1) is 11.2 Å². The van der Waals surface area contributed by atoms with E-state index >= 15 is 0 Å². The van der Waals surface area contributed by atoms with Crippen molar-refractivity contribution >= 4 is 21.9 Å². The lowest BCUT2D eigenvalue weighted by Gasteiger charge is -2.34. The molecule has 0 aliphatic heterocycles. The van der Waals surface area contributed by atoms with E-state index in [-0.39, 0.29) is 11.7 Å². The number of allylic oxidation sites excluding steroid dienone is 1. The molecule has 3 atom stereocenters. The van der Waals surface area contributed by atoms with Gasteiger partial charge in [-0.3, -0.25) is 9.35 Å². The SMILES string of the molecule is C=C1C(=O)C2(CS(=O)(=O)O)CCC1C2(C)C.CC(O)(C(=O)O)c1ccccc1. The maximum atomic E-state index is 12.1. The molecule has 0 radical (unpaired) electrons. The van der Waals surface area contributed by atoms with Gasteiger partial charge in [-0.2, -0.15) is 8.42 Å². The summed E-state index contributed by atoms with van der Waals surface area (Å²) in [4.78, 5) is 22.7. The quantitative estimate of drug-likeness (QED) is 0.513. The van der Waals surface area contributed by atoms with Gasteiger partial charge in [-0.25, -0.2) is 4.79 Å². The van der Waals surface area contributed by atoms with E-state index in [9.17, 15) is 23.1 Å². The fraction of sp³-hybridized carbons (Fsp3) is 0.500. The van der Waals surface area contributed by atoms with E-state index in [1.54, 1.807) is 30.3 Å². The Balaban J connectivity index is 0.000000209. The summed E-state index contributed by atoms with van der Waals surface area (Å²) < 4.78 is 31.2. The maximum absolute atomic E-state index is 12.1. The summed E-state index contributed by atoms with van der Waals surface area (Å²) in [6.07, 6.45) is 1.31. The highest BCUT2D eigenvalue weighted by atomic mass is 32.2. The van der Waals surface area contributed by atoms with Crippen LogP contribution in [0, 0.1) is 16.7 Å². The number of carbonyl (C=O) groups is 2.